The molecule has 0 unspecified atom stereocenters. The molecule has 0 fully saturated rings. The smallest absolute Gasteiger partial charge is 0.310 e. The molecule has 0 radical (unpaired) electrons. The zero-order valence-electron chi connectivity index (χ0n) is 14.9. The van der Waals surface area contributed by atoms with Crippen molar-refractivity contribution < 1.29 is 19.2 Å². The maximum atomic E-state index is 12.3. The fraction of sp³-hybridized carbons (Fsp3) is 0.111. The molecule has 0 bridgehead atoms. The molecule has 0 aliphatic heterocycles. The van der Waals surface area contributed by atoms with Crippen LogP contribution < -0.4 is 21.1 Å². The highest BCUT2D eigenvalue weighted by atomic mass is 16.6. The third kappa shape index (κ3) is 4.71. The molecule has 0 saturated carbocycles. The van der Waals surface area contributed by atoms with Gasteiger partial charge in [0.25, 0.3) is 17.4 Å². The van der Waals surface area contributed by atoms with Gasteiger partial charge in [0.15, 0.2) is 12.4 Å². The Hall–Kier alpha value is -4.28. The van der Waals surface area contributed by atoms with Crippen molar-refractivity contribution in [2.75, 3.05) is 6.61 Å². The van der Waals surface area contributed by atoms with Crippen LogP contribution in [0.1, 0.15) is 0 Å². The lowest BCUT2D eigenvalue weighted by molar-refractivity contribution is -0.385. The molecule has 0 aliphatic carbocycles. The molecule has 0 aliphatic rings. The number of para-hydroxylation sites is 3. The number of hydrogen-bond acceptors (Lipinski definition) is 7. The number of ether oxygens (including phenoxy) is 1. The van der Waals surface area contributed by atoms with Gasteiger partial charge in [0.1, 0.15) is 6.54 Å². The summed E-state index contributed by atoms with van der Waals surface area (Å²) in [6, 6.07) is 12.3. The maximum absolute atomic E-state index is 12.3. The summed E-state index contributed by atoms with van der Waals surface area (Å²) < 4.78 is 6.21. The van der Waals surface area contributed by atoms with Crippen LogP contribution in [-0.2, 0) is 16.1 Å². The number of nitrogens with one attached hydrogen (secondary N) is 2. The van der Waals surface area contributed by atoms with Gasteiger partial charge in [-0.1, -0.05) is 24.3 Å². The monoisotopic (exact) mass is 397 g/mol. The van der Waals surface area contributed by atoms with Crippen molar-refractivity contribution in [1.82, 2.24) is 20.4 Å². The molecule has 11 heteroatoms. The number of nitro groups is 1. The average Bonchev–Trinajstić information content (AvgIpc) is 2.73. The third-order valence-electron chi connectivity index (χ3n) is 3.81. The molecule has 1 aromatic heterocycles. The fourth-order valence-corrected chi connectivity index (χ4v) is 2.46. The summed E-state index contributed by atoms with van der Waals surface area (Å²) in [6.07, 6.45) is 1.24. The van der Waals surface area contributed by atoms with Gasteiger partial charge in [-0.05, 0) is 18.2 Å². The second kappa shape index (κ2) is 8.61. The van der Waals surface area contributed by atoms with Gasteiger partial charge in [0.05, 0.1) is 22.2 Å². The zero-order valence-corrected chi connectivity index (χ0v) is 14.9. The number of benzene rings is 2. The van der Waals surface area contributed by atoms with Gasteiger partial charge in [-0.2, -0.15) is 0 Å². The normalized spacial score (nSPS) is 10.3. The van der Waals surface area contributed by atoms with Crippen LogP contribution in [0.3, 0.4) is 0 Å². The summed E-state index contributed by atoms with van der Waals surface area (Å²) >= 11 is 0. The van der Waals surface area contributed by atoms with Gasteiger partial charge in [-0.3, -0.25) is 39.9 Å². The number of amides is 2. The van der Waals surface area contributed by atoms with Crippen LogP contribution in [0.2, 0.25) is 0 Å². The summed E-state index contributed by atoms with van der Waals surface area (Å²) in [5.41, 5.74) is 4.08. The Balaban J connectivity index is 1.53. The first-order valence-electron chi connectivity index (χ1n) is 8.34. The van der Waals surface area contributed by atoms with Crippen molar-refractivity contribution in [3.8, 4) is 5.75 Å². The quantitative estimate of drug-likeness (QED) is 0.456. The van der Waals surface area contributed by atoms with Crippen molar-refractivity contribution >= 4 is 28.4 Å². The van der Waals surface area contributed by atoms with E-state index < -0.39 is 28.9 Å². The zero-order chi connectivity index (χ0) is 20.8. The van der Waals surface area contributed by atoms with Crippen LogP contribution in [0, 0.1) is 10.1 Å². The lowest BCUT2D eigenvalue weighted by Crippen LogP contribution is -2.46. The Morgan fingerprint density at radius 1 is 1.07 bits per heavy atom. The highest BCUT2D eigenvalue weighted by Crippen LogP contribution is 2.25. The number of fused-ring (bicyclic) bond motifs is 1. The predicted molar refractivity (Wildman–Crippen MR) is 101 cm³/mol. The van der Waals surface area contributed by atoms with Gasteiger partial charge in [-0.25, -0.2) is 4.98 Å². The van der Waals surface area contributed by atoms with Gasteiger partial charge in [-0.15, -0.1) is 0 Å². The molecule has 0 saturated heterocycles. The Bertz CT molecular complexity index is 1140. The minimum Gasteiger partial charge on any atom is -0.477 e. The van der Waals surface area contributed by atoms with Gasteiger partial charge in [0, 0.05) is 6.07 Å². The molecular formula is C18H15N5O6. The molecule has 0 spiro atoms. The fourth-order valence-electron chi connectivity index (χ4n) is 2.46. The molecule has 2 amide bonds. The molecule has 0 atom stereocenters. The lowest BCUT2D eigenvalue weighted by atomic mass is 10.2. The summed E-state index contributed by atoms with van der Waals surface area (Å²) in [7, 11) is 0. The number of hydrogen-bond donors (Lipinski definition) is 2. The van der Waals surface area contributed by atoms with E-state index in [4.69, 9.17) is 4.74 Å². The van der Waals surface area contributed by atoms with E-state index in [9.17, 15) is 24.5 Å². The van der Waals surface area contributed by atoms with E-state index in [-0.39, 0.29) is 18.0 Å². The van der Waals surface area contributed by atoms with E-state index in [1.807, 2.05) is 0 Å². The molecule has 3 aromatic rings. The van der Waals surface area contributed by atoms with Crippen LogP contribution in [0.4, 0.5) is 5.69 Å². The van der Waals surface area contributed by atoms with E-state index in [1.165, 1.54) is 30.6 Å². The van der Waals surface area contributed by atoms with Crippen molar-refractivity contribution in [1.29, 1.82) is 0 Å². The van der Waals surface area contributed by atoms with Gasteiger partial charge >= 0.3 is 5.69 Å². The molecular weight excluding hydrogens is 382 g/mol. The number of rotatable bonds is 6. The first-order chi connectivity index (χ1) is 14.0. The van der Waals surface area contributed by atoms with E-state index in [1.54, 1.807) is 24.3 Å². The van der Waals surface area contributed by atoms with Crippen LogP contribution >= 0.6 is 0 Å². The van der Waals surface area contributed by atoms with E-state index in [0.717, 1.165) is 4.57 Å². The molecule has 3 rings (SSSR count). The maximum Gasteiger partial charge on any atom is 0.310 e. The Morgan fingerprint density at radius 2 is 1.76 bits per heavy atom. The van der Waals surface area contributed by atoms with Gasteiger partial charge < -0.3 is 4.74 Å². The molecule has 1 heterocycles. The highest BCUT2D eigenvalue weighted by Gasteiger charge is 2.15. The molecule has 29 heavy (non-hydrogen) atoms. The van der Waals surface area contributed by atoms with E-state index >= 15 is 0 Å². The van der Waals surface area contributed by atoms with E-state index in [2.05, 4.69) is 15.8 Å². The first-order valence-corrected chi connectivity index (χ1v) is 8.34. The van der Waals surface area contributed by atoms with Gasteiger partial charge in [0.2, 0.25) is 0 Å². The number of hydrazine groups is 1. The number of nitro benzene ring substituents is 1. The standard InChI is InChI=1S/C18H15N5O6/c24-16(9-22-11-19-13-6-2-1-5-12(13)18(22)26)20-21-17(25)10-29-15-8-4-3-7-14(15)23(27)28/h1-8,11H,9-10H2,(H,20,24)(H,21,25). The number of carbonyl (C=O) groups excluding carboxylic acids is 2. The first kappa shape index (κ1) is 19.5. The van der Waals surface area contributed by atoms with Crippen LogP contribution in [0.15, 0.2) is 59.7 Å². The van der Waals surface area contributed by atoms with Crippen molar-refractivity contribution in [2.24, 2.45) is 0 Å². The molecule has 11 nitrogen and oxygen atoms in total. The highest BCUT2D eigenvalue weighted by molar-refractivity contribution is 5.83. The Morgan fingerprint density at radius 3 is 2.55 bits per heavy atom. The van der Waals surface area contributed by atoms with Crippen molar-refractivity contribution in [3.05, 3.63) is 75.3 Å². The lowest BCUT2D eigenvalue weighted by Gasteiger charge is -2.10. The van der Waals surface area contributed by atoms with Crippen LogP contribution in [0.25, 0.3) is 10.9 Å². The minimum atomic E-state index is -0.736. The predicted octanol–water partition coefficient (Wildman–Crippen LogP) is 0.531. The average molecular weight is 397 g/mol. The van der Waals surface area contributed by atoms with Crippen molar-refractivity contribution in [2.45, 2.75) is 6.54 Å². The minimum absolute atomic E-state index is 0.0761. The molecule has 2 aromatic carbocycles. The second-order valence-corrected chi connectivity index (χ2v) is 5.80. The summed E-state index contributed by atoms with van der Waals surface area (Å²) in [4.78, 5) is 50.5. The molecule has 2 N–H and O–H groups in total. The Kier molecular flexibility index (Phi) is 5.78. The second-order valence-electron chi connectivity index (χ2n) is 5.80. The third-order valence-corrected chi connectivity index (χ3v) is 3.81. The number of carbonyl (C=O) groups is 2. The number of nitrogens with zero attached hydrogens (tertiary/aromatic N) is 3. The topological polar surface area (TPSA) is 145 Å². The Labute approximate surface area is 163 Å². The largest absolute Gasteiger partial charge is 0.477 e. The SMILES string of the molecule is O=C(COc1ccccc1[N+](=O)[O-])NNC(=O)Cn1cnc2ccccc2c1=O. The van der Waals surface area contributed by atoms with Crippen LogP contribution in [-0.4, -0.2) is 32.9 Å². The number of aromatic nitrogens is 2. The molecule has 148 valence electrons. The van der Waals surface area contributed by atoms with Crippen LogP contribution in [0.5, 0.6) is 5.75 Å². The summed E-state index contributed by atoms with van der Waals surface area (Å²) in [5.74, 6) is -1.48. The van der Waals surface area contributed by atoms with Crippen molar-refractivity contribution in [3.63, 3.8) is 0 Å². The van der Waals surface area contributed by atoms with E-state index in [0.29, 0.717) is 10.9 Å². The summed E-state index contributed by atoms with van der Waals surface area (Å²) in [5, 5.41) is 11.3. The summed E-state index contributed by atoms with van der Waals surface area (Å²) in [6.45, 7) is -0.912.